The van der Waals surface area contributed by atoms with Crippen LogP contribution in [-0.2, 0) is 17.1 Å². The number of pyridine rings is 1. The Hall–Kier alpha value is -3.40. The number of benzene rings is 2. The molecule has 0 unspecified atom stereocenters. The molecule has 0 atom stereocenters. The Balaban J connectivity index is 2.20. The molecular weight excluding hydrogens is 428 g/mol. The van der Waals surface area contributed by atoms with Crippen LogP contribution in [0.25, 0.3) is 11.1 Å². The van der Waals surface area contributed by atoms with Crippen LogP contribution < -0.4 is 19.9 Å². The van der Waals surface area contributed by atoms with Gasteiger partial charge >= 0.3 is 0 Å². The van der Waals surface area contributed by atoms with Crippen LogP contribution in [-0.4, -0.2) is 33.3 Å². The molecule has 31 heavy (non-hydrogen) atoms. The Morgan fingerprint density at radius 3 is 2.32 bits per heavy atom. The molecule has 0 saturated heterocycles. The fourth-order valence-electron chi connectivity index (χ4n) is 2.96. The number of rotatable bonds is 6. The third kappa shape index (κ3) is 5.21. The van der Waals surface area contributed by atoms with Crippen LogP contribution in [0.1, 0.15) is 0 Å². The normalized spacial score (nSPS) is 11.3. The molecule has 0 bridgehead atoms. The van der Waals surface area contributed by atoms with Crippen molar-refractivity contribution >= 4 is 21.4 Å². The average Bonchev–Trinajstić information content (AvgIpc) is 2.65. The van der Waals surface area contributed by atoms with Crippen molar-refractivity contribution in [2.45, 2.75) is 0 Å². The summed E-state index contributed by atoms with van der Waals surface area (Å²) in [4.78, 5) is 14.1. The van der Waals surface area contributed by atoms with Gasteiger partial charge in [0.15, 0.2) is 11.6 Å². The number of hydrogen-bond acceptors (Lipinski definition) is 5. The molecule has 0 fully saturated rings. The Bertz CT molecular complexity index is 1300. The largest absolute Gasteiger partial charge is 0.454 e. The first kappa shape index (κ1) is 22.3. The van der Waals surface area contributed by atoms with Crippen molar-refractivity contribution in [1.29, 1.82) is 0 Å². The van der Waals surface area contributed by atoms with Crippen molar-refractivity contribution in [2.75, 3.05) is 30.0 Å². The van der Waals surface area contributed by atoms with E-state index in [2.05, 4.69) is 4.72 Å². The first-order valence-electron chi connectivity index (χ1n) is 9.08. The van der Waals surface area contributed by atoms with Crippen LogP contribution in [0.3, 0.4) is 0 Å². The predicted octanol–water partition coefficient (Wildman–Crippen LogP) is 3.56. The summed E-state index contributed by atoms with van der Waals surface area (Å²) in [6.45, 7) is 0. The molecule has 1 aromatic heterocycles. The van der Waals surface area contributed by atoms with Gasteiger partial charge in [-0.15, -0.1) is 0 Å². The summed E-state index contributed by atoms with van der Waals surface area (Å²) in [5.74, 6) is -1.65. The van der Waals surface area contributed by atoms with Gasteiger partial charge in [-0.1, -0.05) is 0 Å². The first-order chi connectivity index (χ1) is 14.4. The summed E-state index contributed by atoms with van der Waals surface area (Å²) in [5.41, 5.74) is 1.34. The minimum atomic E-state index is -3.55. The average molecular weight is 449 g/mol. The molecule has 0 spiro atoms. The Labute approximate surface area is 178 Å². The van der Waals surface area contributed by atoms with Gasteiger partial charge in [0, 0.05) is 50.2 Å². The molecular formula is C21H21F2N3O4S. The molecule has 0 aliphatic carbocycles. The zero-order valence-electron chi connectivity index (χ0n) is 17.3. The van der Waals surface area contributed by atoms with E-state index in [1.165, 1.54) is 22.8 Å². The van der Waals surface area contributed by atoms with Crippen molar-refractivity contribution in [3.05, 3.63) is 70.6 Å². The molecule has 164 valence electrons. The highest BCUT2D eigenvalue weighted by Crippen LogP contribution is 2.37. The molecule has 7 nitrogen and oxygen atoms in total. The second kappa shape index (κ2) is 8.38. The third-order valence-corrected chi connectivity index (χ3v) is 4.96. The molecule has 2 aromatic carbocycles. The molecule has 0 aliphatic heterocycles. The Kier molecular flexibility index (Phi) is 6.03. The van der Waals surface area contributed by atoms with E-state index in [9.17, 15) is 22.0 Å². The molecule has 0 saturated carbocycles. The van der Waals surface area contributed by atoms with Crippen LogP contribution >= 0.6 is 0 Å². The number of hydrogen-bond donors (Lipinski definition) is 1. The van der Waals surface area contributed by atoms with Gasteiger partial charge in [-0.2, -0.15) is 0 Å². The number of nitrogens with zero attached hydrogens (tertiary/aromatic N) is 2. The lowest BCUT2D eigenvalue weighted by Gasteiger charge is -2.18. The topological polar surface area (TPSA) is 80.6 Å². The van der Waals surface area contributed by atoms with E-state index in [0.29, 0.717) is 22.9 Å². The number of ether oxygens (including phenoxy) is 1. The molecule has 3 aromatic rings. The Morgan fingerprint density at radius 1 is 1.03 bits per heavy atom. The first-order valence-corrected chi connectivity index (χ1v) is 11.0. The zero-order chi connectivity index (χ0) is 22.9. The van der Waals surface area contributed by atoms with Gasteiger partial charge < -0.3 is 14.2 Å². The molecule has 1 N–H and O–H groups in total. The van der Waals surface area contributed by atoms with Crippen LogP contribution in [0.2, 0.25) is 0 Å². The minimum Gasteiger partial charge on any atom is -0.454 e. The second-order valence-corrected chi connectivity index (χ2v) is 8.93. The summed E-state index contributed by atoms with van der Waals surface area (Å²) >= 11 is 0. The van der Waals surface area contributed by atoms with Gasteiger partial charge in [-0.3, -0.25) is 9.52 Å². The standard InChI is InChI=1S/C21H21F2N3O4S/c1-25(2)18-9-13(12-26(3)21(18)27)16-11-15(24-31(4,28)29)6-8-19(16)30-20-7-5-14(22)10-17(20)23/h5-12,24H,1-4H3. The second-order valence-electron chi connectivity index (χ2n) is 7.19. The summed E-state index contributed by atoms with van der Waals surface area (Å²) in [7, 11) is 1.46. The van der Waals surface area contributed by atoms with Crippen LogP contribution in [0.4, 0.5) is 20.2 Å². The number of aryl methyl sites for hydroxylation is 1. The van der Waals surface area contributed by atoms with Gasteiger partial charge in [-0.25, -0.2) is 17.2 Å². The Morgan fingerprint density at radius 2 is 1.71 bits per heavy atom. The number of sulfonamides is 1. The van der Waals surface area contributed by atoms with Crippen molar-refractivity contribution in [1.82, 2.24) is 4.57 Å². The van der Waals surface area contributed by atoms with Crippen molar-refractivity contribution in [2.24, 2.45) is 7.05 Å². The van der Waals surface area contributed by atoms with Gasteiger partial charge in [0.05, 0.1) is 6.26 Å². The van der Waals surface area contributed by atoms with E-state index in [0.717, 1.165) is 18.4 Å². The summed E-state index contributed by atoms with van der Waals surface area (Å²) in [6.07, 6.45) is 2.57. The number of halogens is 2. The van der Waals surface area contributed by atoms with Gasteiger partial charge in [-0.05, 0) is 36.4 Å². The summed E-state index contributed by atoms with van der Waals surface area (Å²) < 4.78 is 60.2. The molecule has 0 amide bonds. The van der Waals surface area contributed by atoms with Crippen molar-refractivity contribution in [3.8, 4) is 22.6 Å². The van der Waals surface area contributed by atoms with E-state index in [1.807, 2.05) is 0 Å². The molecule has 0 radical (unpaired) electrons. The van der Waals surface area contributed by atoms with Crippen LogP contribution in [0.15, 0.2) is 53.5 Å². The highest BCUT2D eigenvalue weighted by atomic mass is 32.2. The number of nitrogens with one attached hydrogen (secondary N) is 1. The predicted molar refractivity (Wildman–Crippen MR) is 116 cm³/mol. The molecule has 3 rings (SSSR count). The van der Waals surface area contributed by atoms with E-state index >= 15 is 0 Å². The van der Waals surface area contributed by atoms with Crippen LogP contribution in [0, 0.1) is 11.6 Å². The zero-order valence-corrected chi connectivity index (χ0v) is 18.1. The van der Waals surface area contributed by atoms with Gasteiger partial charge in [0.25, 0.3) is 5.56 Å². The molecule has 1 heterocycles. The number of anilines is 2. The number of aromatic nitrogens is 1. The fourth-order valence-corrected chi connectivity index (χ4v) is 3.52. The monoisotopic (exact) mass is 449 g/mol. The lowest BCUT2D eigenvalue weighted by Crippen LogP contribution is -2.25. The smallest absolute Gasteiger partial charge is 0.273 e. The summed E-state index contributed by atoms with van der Waals surface area (Å²) in [5, 5.41) is 0. The molecule has 10 heteroatoms. The van der Waals surface area contributed by atoms with Gasteiger partial charge in [0.2, 0.25) is 10.0 Å². The molecule has 0 aliphatic rings. The third-order valence-electron chi connectivity index (χ3n) is 4.35. The SMILES string of the molecule is CN(C)c1cc(-c2cc(NS(C)(=O)=O)ccc2Oc2ccc(F)cc2F)cn(C)c1=O. The maximum atomic E-state index is 14.2. The van der Waals surface area contributed by atoms with E-state index in [4.69, 9.17) is 4.74 Å². The van der Waals surface area contributed by atoms with Crippen molar-refractivity contribution in [3.63, 3.8) is 0 Å². The maximum Gasteiger partial charge on any atom is 0.273 e. The van der Waals surface area contributed by atoms with Crippen molar-refractivity contribution < 1.29 is 21.9 Å². The highest BCUT2D eigenvalue weighted by Gasteiger charge is 2.16. The van der Waals surface area contributed by atoms with Crippen LogP contribution in [0.5, 0.6) is 11.5 Å². The highest BCUT2D eigenvalue weighted by molar-refractivity contribution is 7.92. The maximum absolute atomic E-state index is 14.2. The fraction of sp³-hybridized carbons (Fsp3) is 0.190. The minimum absolute atomic E-state index is 0.188. The quantitative estimate of drug-likeness (QED) is 0.623. The lowest BCUT2D eigenvalue weighted by atomic mass is 10.0. The van der Waals surface area contributed by atoms with Gasteiger partial charge in [0.1, 0.15) is 17.3 Å². The summed E-state index contributed by atoms with van der Waals surface area (Å²) in [6, 6.07) is 8.97. The van der Waals surface area contributed by atoms with E-state index < -0.39 is 21.7 Å². The van der Waals surface area contributed by atoms with E-state index in [-0.39, 0.29) is 22.7 Å². The van der Waals surface area contributed by atoms with E-state index in [1.54, 1.807) is 38.3 Å². The lowest BCUT2D eigenvalue weighted by molar-refractivity contribution is 0.439.